The van der Waals surface area contributed by atoms with Gasteiger partial charge in [-0.25, -0.2) is 4.79 Å². The van der Waals surface area contributed by atoms with Crippen LogP contribution >= 0.6 is 0 Å². The molecular formula is C29H33F3N2O5. The van der Waals surface area contributed by atoms with E-state index in [9.17, 15) is 33.0 Å². The zero-order chi connectivity index (χ0) is 27.9. The number of carboxylic acids is 1. The number of nitrogens with zero attached hydrogens (tertiary/aromatic N) is 2. The molecule has 5 rings (SSSR count). The Morgan fingerprint density at radius 2 is 1.90 bits per heavy atom. The molecule has 2 aromatic rings. The van der Waals surface area contributed by atoms with Gasteiger partial charge in [-0.2, -0.15) is 13.2 Å². The molecule has 0 radical (unpaired) electrons. The molecule has 10 heteroatoms. The van der Waals surface area contributed by atoms with Crippen LogP contribution in [0.2, 0.25) is 0 Å². The summed E-state index contributed by atoms with van der Waals surface area (Å²) in [4.78, 5) is 29.3. The Labute approximate surface area is 225 Å². The van der Waals surface area contributed by atoms with E-state index >= 15 is 0 Å². The molecule has 3 unspecified atom stereocenters. The summed E-state index contributed by atoms with van der Waals surface area (Å²) in [5, 5.41) is 20.0. The molecule has 5 atom stereocenters. The summed E-state index contributed by atoms with van der Waals surface area (Å²) in [5.74, 6) is -1.43. The molecule has 2 heterocycles. The quantitative estimate of drug-likeness (QED) is 0.544. The standard InChI is InChI=1S/C29H33F3N2O5/c1-17(35)20-13-23(27(36)33-15-21-12-22(29(30,31)32)8-9-26(21)39-16-33)25(14-20)34-10-3-2-7-24(34)18-5-4-6-19(11-18)28(37)38/h4-6,8-9,11-12,17,20,23-25,35H,2-3,7,10,13-16H2,1H3,(H,37,38)/t17?,20-,23?,24?,25+/m0/s1. The number of fused-ring (bicyclic) bond motifs is 1. The first-order valence-electron chi connectivity index (χ1n) is 13.4. The SMILES string of the molecule is CC(O)[C@H]1CC(C(=O)N2COc3ccc(C(F)(F)F)cc3C2)[C@H](N2CCCCC2c2cccc(C(=O)O)c2)C1. The minimum atomic E-state index is -4.50. The van der Waals surface area contributed by atoms with Crippen LogP contribution < -0.4 is 4.74 Å². The normalized spacial score (nSPS) is 26.5. The van der Waals surface area contributed by atoms with Gasteiger partial charge in [0.2, 0.25) is 5.91 Å². The van der Waals surface area contributed by atoms with Gasteiger partial charge in [0.05, 0.1) is 29.7 Å². The van der Waals surface area contributed by atoms with Crippen LogP contribution in [0.5, 0.6) is 5.75 Å². The van der Waals surface area contributed by atoms with Crippen LogP contribution in [0.3, 0.4) is 0 Å². The summed E-state index contributed by atoms with van der Waals surface area (Å²) in [5.41, 5.74) is 0.622. The van der Waals surface area contributed by atoms with Gasteiger partial charge >= 0.3 is 12.1 Å². The second kappa shape index (κ2) is 10.8. The summed E-state index contributed by atoms with van der Waals surface area (Å²) < 4.78 is 45.6. The van der Waals surface area contributed by atoms with E-state index < -0.39 is 29.7 Å². The van der Waals surface area contributed by atoms with E-state index in [1.54, 1.807) is 25.1 Å². The van der Waals surface area contributed by atoms with E-state index in [-0.39, 0.29) is 42.7 Å². The summed E-state index contributed by atoms with van der Waals surface area (Å²) in [6.07, 6.45) is -1.31. The maximum absolute atomic E-state index is 13.9. The van der Waals surface area contributed by atoms with Gasteiger partial charge < -0.3 is 19.8 Å². The summed E-state index contributed by atoms with van der Waals surface area (Å²) >= 11 is 0. The number of aliphatic hydroxyl groups excluding tert-OH is 1. The Morgan fingerprint density at radius 3 is 2.62 bits per heavy atom. The lowest BCUT2D eigenvalue weighted by atomic mass is 9.89. The highest BCUT2D eigenvalue weighted by molar-refractivity contribution is 5.87. The van der Waals surface area contributed by atoms with Crippen molar-refractivity contribution in [3.05, 3.63) is 64.7 Å². The molecule has 1 saturated heterocycles. The Morgan fingerprint density at radius 1 is 1.10 bits per heavy atom. The third-order valence-corrected chi connectivity index (χ3v) is 8.49. The number of benzene rings is 2. The molecule has 1 amide bonds. The molecule has 2 aromatic carbocycles. The predicted octanol–water partition coefficient (Wildman–Crippen LogP) is 5.08. The smallest absolute Gasteiger partial charge is 0.416 e. The highest BCUT2D eigenvalue weighted by Gasteiger charge is 2.47. The molecule has 2 N–H and O–H groups in total. The number of aromatic carboxylic acids is 1. The van der Waals surface area contributed by atoms with E-state index in [0.717, 1.165) is 43.5 Å². The van der Waals surface area contributed by atoms with Crippen molar-refractivity contribution in [3.8, 4) is 5.75 Å². The summed E-state index contributed by atoms with van der Waals surface area (Å²) in [6, 6.07) is 9.95. The van der Waals surface area contributed by atoms with Gasteiger partial charge in [0.25, 0.3) is 0 Å². The van der Waals surface area contributed by atoms with Gasteiger partial charge in [0.1, 0.15) is 5.75 Å². The zero-order valence-electron chi connectivity index (χ0n) is 21.7. The highest BCUT2D eigenvalue weighted by atomic mass is 19.4. The van der Waals surface area contributed by atoms with Gasteiger partial charge in [0, 0.05) is 17.6 Å². The number of rotatable bonds is 5. The largest absolute Gasteiger partial charge is 0.478 e. The minimum absolute atomic E-state index is 0.0186. The van der Waals surface area contributed by atoms with Gasteiger partial charge in [-0.15, -0.1) is 0 Å². The first-order valence-corrected chi connectivity index (χ1v) is 13.4. The number of likely N-dealkylation sites (tertiary alicyclic amines) is 1. The number of amides is 1. The number of carboxylic acid groups (broad SMARTS) is 1. The molecule has 0 bridgehead atoms. The average Bonchev–Trinajstić information content (AvgIpc) is 3.37. The predicted molar refractivity (Wildman–Crippen MR) is 136 cm³/mol. The van der Waals surface area contributed by atoms with Crippen molar-refractivity contribution >= 4 is 11.9 Å². The molecule has 39 heavy (non-hydrogen) atoms. The molecule has 3 aliphatic rings. The third-order valence-electron chi connectivity index (χ3n) is 8.49. The number of piperidine rings is 1. The van der Waals surface area contributed by atoms with Crippen LogP contribution in [0, 0.1) is 11.8 Å². The van der Waals surface area contributed by atoms with Gasteiger partial charge in [0.15, 0.2) is 6.73 Å². The third kappa shape index (κ3) is 5.63. The fraction of sp³-hybridized carbons (Fsp3) is 0.517. The van der Waals surface area contributed by atoms with E-state index in [0.29, 0.717) is 24.2 Å². The van der Waals surface area contributed by atoms with Gasteiger partial charge in [-0.1, -0.05) is 18.6 Å². The van der Waals surface area contributed by atoms with Gasteiger partial charge in [-0.3, -0.25) is 9.69 Å². The number of hydrogen-bond donors (Lipinski definition) is 2. The maximum atomic E-state index is 13.9. The molecule has 2 fully saturated rings. The van der Waals surface area contributed by atoms with Gasteiger partial charge in [-0.05, 0) is 81.0 Å². The van der Waals surface area contributed by atoms with Crippen molar-refractivity contribution in [1.82, 2.24) is 9.80 Å². The summed E-state index contributed by atoms with van der Waals surface area (Å²) in [7, 11) is 0. The van der Waals surface area contributed by atoms with E-state index in [2.05, 4.69) is 4.90 Å². The fourth-order valence-corrected chi connectivity index (χ4v) is 6.46. The lowest BCUT2D eigenvalue weighted by Gasteiger charge is -2.43. The zero-order valence-corrected chi connectivity index (χ0v) is 21.7. The molecule has 210 valence electrons. The number of alkyl halides is 3. The molecule has 7 nitrogen and oxygen atoms in total. The van der Waals surface area contributed by atoms with E-state index in [1.165, 1.54) is 11.0 Å². The van der Waals surface area contributed by atoms with E-state index in [4.69, 9.17) is 4.74 Å². The number of hydrogen-bond acceptors (Lipinski definition) is 5. The van der Waals surface area contributed by atoms with Crippen LogP contribution in [-0.4, -0.2) is 57.3 Å². The lowest BCUT2D eigenvalue weighted by molar-refractivity contribution is -0.142. The number of aliphatic hydroxyl groups is 1. The van der Waals surface area contributed by atoms with Crippen LogP contribution in [0.4, 0.5) is 13.2 Å². The molecule has 2 aliphatic heterocycles. The van der Waals surface area contributed by atoms with Crippen molar-refractivity contribution in [1.29, 1.82) is 0 Å². The number of carbonyl (C=O) groups excluding carboxylic acids is 1. The van der Waals surface area contributed by atoms with E-state index in [1.807, 2.05) is 6.07 Å². The van der Waals surface area contributed by atoms with Crippen molar-refractivity contribution in [2.75, 3.05) is 13.3 Å². The van der Waals surface area contributed by atoms with Crippen molar-refractivity contribution in [2.24, 2.45) is 11.8 Å². The first-order chi connectivity index (χ1) is 18.5. The maximum Gasteiger partial charge on any atom is 0.416 e. The lowest BCUT2D eigenvalue weighted by Crippen LogP contribution is -2.49. The Bertz CT molecular complexity index is 1230. The van der Waals surface area contributed by atoms with Crippen molar-refractivity contribution < 1.29 is 37.7 Å². The number of halogens is 3. The Hall–Kier alpha value is -3.11. The highest BCUT2D eigenvalue weighted by Crippen LogP contribution is 2.44. The Kier molecular flexibility index (Phi) is 7.61. The van der Waals surface area contributed by atoms with Crippen LogP contribution in [-0.2, 0) is 17.5 Å². The second-order valence-corrected chi connectivity index (χ2v) is 11.0. The molecular weight excluding hydrogens is 513 g/mol. The number of carbonyl (C=O) groups is 2. The molecule has 1 aliphatic carbocycles. The molecule has 1 saturated carbocycles. The Balaban J connectivity index is 1.42. The van der Waals surface area contributed by atoms with Crippen LogP contribution in [0.25, 0.3) is 0 Å². The molecule has 0 spiro atoms. The van der Waals surface area contributed by atoms with Crippen LogP contribution in [0.1, 0.15) is 72.1 Å². The minimum Gasteiger partial charge on any atom is -0.478 e. The second-order valence-electron chi connectivity index (χ2n) is 11.0. The monoisotopic (exact) mass is 546 g/mol. The molecule has 0 aromatic heterocycles. The van der Waals surface area contributed by atoms with Crippen molar-refractivity contribution in [3.63, 3.8) is 0 Å². The number of ether oxygens (including phenoxy) is 1. The van der Waals surface area contributed by atoms with Crippen LogP contribution in [0.15, 0.2) is 42.5 Å². The van der Waals surface area contributed by atoms with Crippen molar-refractivity contribution in [2.45, 2.75) is 69.9 Å². The topological polar surface area (TPSA) is 90.3 Å². The fourth-order valence-electron chi connectivity index (χ4n) is 6.46. The summed E-state index contributed by atoms with van der Waals surface area (Å²) in [6.45, 7) is 2.42. The average molecular weight is 547 g/mol. The first kappa shape index (κ1) is 27.5.